The van der Waals surface area contributed by atoms with Crippen LogP contribution in [0.3, 0.4) is 0 Å². The van der Waals surface area contributed by atoms with E-state index in [-0.39, 0.29) is 24.3 Å². The van der Waals surface area contributed by atoms with Crippen LogP contribution in [0.25, 0.3) is 0 Å². The third-order valence-corrected chi connectivity index (χ3v) is 12.7. The number of aliphatic hydroxyl groups excluding tert-OH is 1. The molecular formula is C38H48N4O5S. The van der Waals surface area contributed by atoms with Crippen molar-refractivity contribution < 1.29 is 24.2 Å². The molecule has 1 spiro atoms. The fourth-order valence-corrected chi connectivity index (χ4v) is 10.8. The molecule has 4 aliphatic heterocycles. The van der Waals surface area contributed by atoms with Crippen molar-refractivity contribution in [2.24, 2.45) is 11.8 Å². The minimum atomic E-state index is -0.824. The molecule has 0 radical (unpaired) electrons. The van der Waals surface area contributed by atoms with Crippen LogP contribution in [0, 0.1) is 11.8 Å². The first-order valence-corrected chi connectivity index (χ1v) is 17.9. The summed E-state index contributed by atoms with van der Waals surface area (Å²) in [4.78, 5) is 52.4. The Labute approximate surface area is 288 Å². The molecule has 2 aromatic rings. The number of para-hydroxylation sites is 1. The highest BCUT2D eigenvalue weighted by atomic mass is 32.2. The SMILES string of the molecule is C=CCN(CCN1CCOCC1)C(=O)C1N([C@@H](CO)Cc2ccccc2)C(=O)[C@@H]2[C@@H](C(=O)N(CC=C)c3ccccc3)[C@@]3(C)CCC12S3. The average molecular weight is 673 g/mol. The fraction of sp³-hybridized carbons (Fsp3) is 0.500. The second-order valence-electron chi connectivity index (χ2n) is 13.6. The molecule has 10 heteroatoms. The van der Waals surface area contributed by atoms with Crippen molar-refractivity contribution in [1.82, 2.24) is 14.7 Å². The quantitative estimate of drug-likeness (QED) is 0.307. The Hall–Kier alpha value is -3.44. The predicted molar refractivity (Wildman–Crippen MR) is 190 cm³/mol. The number of likely N-dealkylation sites (tertiary alicyclic amines) is 1. The van der Waals surface area contributed by atoms with Gasteiger partial charge in [-0.15, -0.1) is 24.9 Å². The first kappa shape index (κ1) is 34.4. The number of anilines is 1. The predicted octanol–water partition coefficient (Wildman–Crippen LogP) is 3.64. The second kappa shape index (κ2) is 14.6. The summed E-state index contributed by atoms with van der Waals surface area (Å²) in [6.45, 7) is 14.4. The Morgan fingerprint density at radius 3 is 2.33 bits per heavy atom. The number of carbonyl (C=O) groups is 3. The van der Waals surface area contributed by atoms with E-state index in [1.54, 1.807) is 33.7 Å². The third-order valence-electron chi connectivity index (χ3n) is 10.7. The van der Waals surface area contributed by atoms with Crippen LogP contribution in [-0.4, -0.2) is 118 Å². The van der Waals surface area contributed by atoms with Crippen molar-refractivity contribution in [2.45, 2.75) is 47.8 Å². The number of amides is 3. The molecule has 4 heterocycles. The lowest BCUT2D eigenvalue weighted by Gasteiger charge is -2.40. The molecule has 9 nitrogen and oxygen atoms in total. The number of benzene rings is 2. The van der Waals surface area contributed by atoms with Crippen LogP contribution in [0.1, 0.15) is 25.3 Å². The summed E-state index contributed by atoms with van der Waals surface area (Å²) in [7, 11) is 0. The third kappa shape index (κ3) is 6.24. The number of carbonyl (C=O) groups excluding carboxylic acids is 3. The van der Waals surface area contributed by atoms with Gasteiger partial charge in [-0.1, -0.05) is 60.7 Å². The van der Waals surface area contributed by atoms with Gasteiger partial charge in [-0.2, -0.15) is 0 Å². The first-order chi connectivity index (χ1) is 23.3. The molecule has 3 amide bonds. The molecule has 2 aromatic carbocycles. The van der Waals surface area contributed by atoms with Crippen molar-refractivity contribution in [1.29, 1.82) is 0 Å². The van der Waals surface area contributed by atoms with E-state index in [1.807, 2.05) is 65.6 Å². The zero-order chi connectivity index (χ0) is 33.9. The molecule has 0 aliphatic carbocycles. The Bertz CT molecular complexity index is 1490. The number of hydrogen-bond acceptors (Lipinski definition) is 7. The maximum absolute atomic E-state index is 15.0. The van der Waals surface area contributed by atoms with E-state index in [0.717, 1.165) is 24.3 Å². The lowest BCUT2D eigenvalue weighted by Crippen LogP contribution is -2.58. The van der Waals surface area contributed by atoms with Gasteiger partial charge in [0, 0.05) is 49.7 Å². The largest absolute Gasteiger partial charge is 0.394 e. The van der Waals surface area contributed by atoms with Crippen LogP contribution in [-0.2, 0) is 25.5 Å². The molecule has 2 unspecified atom stereocenters. The number of thioether (sulfide) groups is 1. The van der Waals surface area contributed by atoms with Gasteiger partial charge in [0.1, 0.15) is 6.04 Å². The lowest BCUT2D eigenvalue weighted by atomic mass is 9.66. The van der Waals surface area contributed by atoms with Crippen molar-refractivity contribution in [3.8, 4) is 0 Å². The number of ether oxygens (including phenoxy) is 1. The molecule has 4 fully saturated rings. The van der Waals surface area contributed by atoms with Gasteiger partial charge in [0.25, 0.3) is 0 Å². The summed E-state index contributed by atoms with van der Waals surface area (Å²) < 4.78 is 4.20. The van der Waals surface area contributed by atoms with Gasteiger partial charge in [-0.3, -0.25) is 19.3 Å². The molecule has 0 aromatic heterocycles. The standard InChI is InChI=1S/C38H48N4O5S/c1-4-18-40(21-20-39-22-24-47-25-23-39)36(46)33-38-17-16-37(3,48-38)31(34(44)41(19-5-2)29-14-10-7-11-15-29)32(38)35(45)42(33)30(27-43)26-28-12-8-6-9-13-28/h4-15,30-33,43H,1-2,16-27H2,3H3/t30-,31+,32+,33?,37-,38?/m1/s1. The lowest BCUT2D eigenvalue weighted by molar-refractivity contribution is -0.146. The fourth-order valence-electron chi connectivity index (χ4n) is 8.48. The van der Waals surface area contributed by atoms with E-state index in [0.29, 0.717) is 58.7 Å². The zero-order valence-corrected chi connectivity index (χ0v) is 28.7. The molecule has 256 valence electrons. The summed E-state index contributed by atoms with van der Waals surface area (Å²) >= 11 is 1.66. The Morgan fingerprint density at radius 2 is 1.69 bits per heavy atom. The summed E-state index contributed by atoms with van der Waals surface area (Å²) in [6.07, 6.45) is 5.20. The highest BCUT2D eigenvalue weighted by molar-refractivity contribution is 8.02. The topological polar surface area (TPSA) is 93.6 Å². The zero-order valence-electron chi connectivity index (χ0n) is 27.9. The number of rotatable bonds is 14. The van der Waals surface area contributed by atoms with Crippen molar-refractivity contribution in [3.05, 3.63) is 91.5 Å². The van der Waals surface area contributed by atoms with E-state index >= 15 is 9.59 Å². The van der Waals surface area contributed by atoms with Gasteiger partial charge in [0.05, 0.1) is 42.4 Å². The second-order valence-corrected chi connectivity index (χ2v) is 15.5. The Morgan fingerprint density at radius 1 is 1.02 bits per heavy atom. The Kier molecular flexibility index (Phi) is 10.5. The highest BCUT2D eigenvalue weighted by Crippen LogP contribution is 2.72. The van der Waals surface area contributed by atoms with E-state index < -0.39 is 33.4 Å². The molecule has 4 aliphatic rings. The first-order valence-electron chi connectivity index (χ1n) is 17.1. The number of morpholine rings is 1. The van der Waals surface area contributed by atoms with Crippen LogP contribution in [0.15, 0.2) is 86.0 Å². The number of aliphatic hydroxyl groups is 1. The van der Waals surface area contributed by atoms with Crippen molar-refractivity contribution in [3.63, 3.8) is 0 Å². The highest BCUT2D eigenvalue weighted by Gasteiger charge is 2.78. The normalized spacial score (nSPS) is 28.6. The van der Waals surface area contributed by atoms with E-state index in [1.165, 1.54) is 0 Å². The number of nitrogens with zero attached hydrogens (tertiary/aromatic N) is 4. The summed E-state index contributed by atoms with van der Waals surface area (Å²) in [5, 5.41) is 10.9. The molecular weight excluding hydrogens is 625 g/mol. The summed E-state index contributed by atoms with van der Waals surface area (Å²) in [5.74, 6) is -1.81. The van der Waals surface area contributed by atoms with Crippen LogP contribution < -0.4 is 4.90 Å². The van der Waals surface area contributed by atoms with E-state index in [9.17, 15) is 9.90 Å². The van der Waals surface area contributed by atoms with Gasteiger partial charge in [0.15, 0.2) is 0 Å². The van der Waals surface area contributed by atoms with Gasteiger partial charge in [-0.25, -0.2) is 0 Å². The van der Waals surface area contributed by atoms with Crippen LogP contribution >= 0.6 is 11.8 Å². The van der Waals surface area contributed by atoms with Gasteiger partial charge in [-0.05, 0) is 43.9 Å². The monoisotopic (exact) mass is 672 g/mol. The van der Waals surface area contributed by atoms with Gasteiger partial charge < -0.3 is 24.5 Å². The molecule has 6 atom stereocenters. The minimum Gasteiger partial charge on any atom is -0.394 e. The summed E-state index contributed by atoms with van der Waals surface area (Å²) in [5.41, 5.74) is 1.72. The molecule has 48 heavy (non-hydrogen) atoms. The molecule has 2 bridgehead atoms. The average Bonchev–Trinajstić information content (AvgIpc) is 3.69. The Balaban J connectivity index is 1.40. The van der Waals surface area contributed by atoms with Crippen LogP contribution in [0.5, 0.6) is 0 Å². The number of hydrogen-bond donors (Lipinski definition) is 1. The van der Waals surface area contributed by atoms with Crippen molar-refractivity contribution in [2.75, 3.05) is 64.0 Å². The molecule has 4 saturated heterocycles. The van der Waals surface area contributed by atoms with Gasteiger partial charge in [0.2, 0.25) is 17.7 Å². The van der Waals surface area contributed by atoms with E-state index in [4.69, 9.17) is 4.74 Å². The smallest absolute Gasteiger partial charge is 0.247 e. The van der Waals surface area contributed by atoms with Gasteiger partial charge >= 0.3 is 0 Å². The van der Waals surface area contributed by atoms with Crippen molar-refractivity contribution >= 4 is 35.2 Å². The van der Waals surface area contributed by atoms with E-state index in [2.05, 4.69) is 25.0 Å². The van der Waals surface area contributed by atoms with Crippen LogP contribution in [0.4, 0.5) is 5.69 Å². The molecule has 6 rings (SSSR count). The number of fused-ring (bicyclic) bond motifs is 1. The molecule has 1 N–H and O–H groups in total. The maximum Gasteiger partial charge on any atom is 0.247 e. The maximum atomic E-state index is 15.0. The molecule has 0 saturated carbocycles. The minimum absolute atomic E-state index is 0.122. The summed E-state index contributed by atoms with van der Waals surface area (Å²) in [6, 6.07) is 17.8. The van der Waals surface area contributed by atoms with Crippen LogP contribution in [0.2, 0.25) is 0 Å².